The number of hydrogen-bond donors (Lipinski definition) is 0. The van der Waals surface area contributed by atoms with E-state index >= 15 is 0 Å². The summed E-state index contributed by atoms with van der Waals surface area (Å²) in [5.74, 6) is 1.78. The maximum Gasteiger partial charge on any atom is 0.234 e. The second-order valence-electron chi connectivity index (χ2n) is 6.11. The number of Topliss-reactive ketones (excluding diaryl/α,β-unsaturated/α-hetero) is 1. The molecule has 1 fully saturated rings. The van der Waals surface area contributed by atoms with Gasteiger partial charge in [0, 0.05) is 13.0 Å². The van der Waals surface area contributed by atoms with Gasteiger partial charge >= 0.3 is 0 Å². The van der Waals surface area contributed by atoms with Crippen LogP contribution in [-0.2, 0) is 21.6 Å². The summed E-state index contributed by atoms with van der Waals surface area (Å²) in [5, 5.41) is 4.11. The topological polar surface area (TPSA) is 65.2 Å². The third-order valence-electron chi connectivity index (χ3n) is 4.13. The second kappa shape index (κ2) is 7.16. The summed E-state index contributed by atoms with van der Waals surface area (Å²) < 4.78 is 11.3. The molecule has 1 aliphatic rings. The number of ether oxygens (including phenoxy) is 1. The Hall–Kier alpha value is -1.23. The standard InChI is InChI=1S/C16H26N2O3/c1-4-7-13(19)10-14-17-15(18-21-14)16(20-5-2)9-6-8-12(3)11-16/h12H,4-11H2,1-3H3. The minimum absolute atomic E-state index is 0.148. The molecule has 1 heterocycles. The van der Waals surface area contributed by atoms with Crippen LogP contribution in [0.1, 0.15) is 71.0 Å². The summed E-state index contributed by atoms with van der Waals surface area (Å²) >= 11 is 0. The zero-order valence-electron chi connectivity index (χ0n) is 13.4. The van der Waals surface area contributed by atoms with E-state index in [1.54, 1.807) is 0 Å². The molecule has 1 saturated carbocycles. The minimum atomic E-state index is -0.429. The smallest absolute Gasteiger partial charge is 0.234 e. The van der Waals surface area contributed by atoms with Crippen molar-refractivity contribution in [3.8, 4) is 0 Å². The van der Waals surface area contributed by atoms with Gasteiger partial charge in [-0.3, -0.25) is 4.79 Å². The highest BCUT2D eigenvalue weighted by Gasteiger charge is 2.41. The van der Waals surface area contributed by atoms with Crippen LogP contribution in [0.3, 0.4) is 0 Å². The molecule has 0 spiro atoms. The van der Waals surface area contributed by atoms with Crippen molar-refractivity contribution in [1.29, 1.82) is 0 Å². The molecule has 0 bridgehead atoms. The largest absolute Gasteiger partial charge is 0.367 e. The lowest BCUT2D eigenvalue weighted by Crippen LogP contribution is -2.36. The summed E-state index contributed by atoms with van der Waals surface area (Å²) in [4.78, 5) is 16.2. The van der Waals surface area contributed by atoms with Crippen LogP contribution in [0.2, 0.25) is 0 Å². The molecular weight excluding hydrogens is 268 g/mol. The molecule has 0 radical (unpaired) electrons. The average Bonchev–Trinajstić information content (AvgIpc) is 2.88. The fraction of sp³-hybridized carbons (Fsp3) is 0.812. The van der Waals surface area contributed by atoms with Crippen LogP contribution in [0.5, 0.6) is 0 Å². The molecule has 118 valence electrons. The first kappa shape index (κ1) is 16.1. The van der Waals surface area contributed by atoms with E-state index in [1.165, 1.54) is 6.42 Å². The quantitative estimate of drug-likeness (QED) is 0.771. The molecule has 0 aromatic carbocycles. The van der Waals surface area contributed by atoms with Gasteiger partial charge in [0.15, 0.2) is 0 Å². The summed E-state index contributed by atoms with van der Waals surface area (Å²) in [6.07, 6.45) is 5.81. The van der Waals surface area contributed by atoms with Crippen molar-refractivity contribution in [3.63, 3.8) is 0 Å². The Morgan fingerprint density at radius 2 is 2.29 bits per heavy atom. The van der Waals surface area contributed by atoms with E-state index in [0.29, 0.717) is 30.7 Å². The zero-order chi connectivity index (χ0) is 15.3. The van der Waals surface area contributed by atoms with Gasteiger partial charge in [-0.2, -0.15) is 4.98 Å². The average molecular weight is 294 g/mol. The highest BCUT2D eigenvalue weighted by Crippen LogP contribution is 2.41. The molecule has 2 atom stereocenters. The first-order valence-corrected chi connectivity index (χ1v) is 8.08. The number of carbonyl (C=O) groups excluding carboxylic acids is 1. The Bertz CT molecular complexity index is 468. The van der Waals surface area contributed by atoms with Gasteiger partial charge in [0.05, 0.1) is 6.42 Å². The molecule has 0 N–H and O–H groups in total. The van der Waals surface area contributed by atoms with Crippen LogP contribution in [0, 0.1) is 5.92 Å². The van der Waals surface area contributed by atoms with Crippen molar-refractivity contribution in [3.05, 3.63) is 11.7 Å². The maximum absolute atomic E-state index is 11.7. The van der Waals surface area contributed by atoms with Crippen molar-refractivity contribution in [1.82, 2.24) is 10.1 Å². The number of rotatable bonds is 7. The predicted octanol–water partition coefficient (Wildman–Crippen LogP) is 3.42. The van der Waals surface area contributed by atoms with Crippen LogP contribution in [0.25, 0.3) is 0 Å². The van der Waals surface area contributed by atoms with Crippen molar-refractivity contribution in [2.45, 2.75) is 71.3 Å². The van der Waals surface area contributed by atoms with E-state index in [9.17, 15) is 4.79 Å². The Morgan fingerprint density at radius 1 is 1.48 bits per heavy atom. The van der Waals surface area contributed by atoms with Crippen molar-refractivity contribution >= 4 is 5.78 Å². The van der Waals surface area contributed by atoms with Crippen LogP contribution in [-0.4, -0.2) is 22.5 Å². The van der Waals surface area contributed by atoms with Gasteiger partial charge in [-0.05, 0) is 38.5 Å². The SMILES string of the molecule is CCCC(=O)Cc1nc(C2(OCC)CCCC(C)C2)no1. The molecule has 0 saturated heterocycles. The lowest BCUT2D eigenvalue weighted by molar-refractivity contribution is -0.118. The first-order chi connectivity index (χ1) is 10.1. The van der Waals surface area contributed by atoms with Gasteiger partial charge in [-0.25, -0.2) is 0 Å². The molecular formula is C16H26N2O3. The second-order valence-corrected chi connectivity index (χ2v) is 6.11. The van der Waals surface area contributed by atoms with Crippen LogP contribution in [0.15, 0.2) is 4.52 Å². The number of carbonyl (C=O) groups is 1. The Balaban J connectivity index is 2.14. The van der Waals surface area contributed by atoms with Crippen molar-refractivity contribution in [2.24, 2.45) is 5.92 Å². The predicted molar refractivity (Wildman–Crippen MR) is 78.9 cm³/mol. The number of nitrogens with zero attached hydrogens (tertiary/aromatic N) is 2. The summed E-state index contributed by atoms with van der Waals surface area (Å²) in [6.45, 7) is 6.85. The van der Waals surface area contributed by atoms with E-state index in [4.69, 9.17) is 9.26 Å². The fourth-order valence-electron chi connectivity index (χ4n) is 3.23. The highest BCUT2D eigenvalue weighted by molar-refractivity contribution is 5.79. The summed E-state index contributed by atoms with van der Waals surface area (Å²) in [5.41, 5.74) is -0.429. The lowest BCUT2D eigenvalue weighted by Gasteiger charge is -2.37. The molecule has 5 nitrogen and oxygen atoms in total. The lowest BCUT2D eigenvalue weighted by atomic mass is 9.78. The van der Waals surface area contributed by atoms with E-state index < -0.39 is 5.60 Å². The van der Waals surface area contributed by atoms with Gasteiger partial charge < -0.3 is 9.26 Å². The molecule has 1 aromatic heterocycles. The van der Waals surface area contributed by atoms with E-state index in [-0.39, 0.29) is 12.2 Å². The van der Waals surface area contributed by atoms with Gasteiger partial charge in [-0.1, -0.05) is 25.4 Å². The molecule has 21 heavy (non-hydrogen) atoms. The number of aromatic nitrogens is 2. The van der Waals surface area contributed by atoms with Crippen LogP contribution in [0.4, 0.5) is 0 Å². The Labute approximate surface area is 126 Å². The van der Waals surface area contributed by atoms with Gasteiger partial charge in [0.1, 0.15) is 11.4 Å². The van der Waals surface area contributed by atoms with Crippen LogP contribution >= 0.6 is 0 Å². The first-order valence-electron chi connectivity index (χ1n) is 8.08. The molecule has 2 unspecified atom stereocenters. The Kier molecular flexibility index (Phi) is 5.51. The number of hydrogen-bond acceptors (Lipinski definition) is 5. The third-order valence-corrected chi connectivity index (χ3v) is 4.13. The molecule has 0 aliphatic heterocycles. The van der Waals surface area contributed by atoms with Crippen LogP contribution < -0.4 is 0 Å². The van der Waals surface area contributed by atoms with E-state index in [0.717, 1.165) is 25.7 Å². The molecule has 1 aliphatic carbocycles. The van der Waals surface area contributed by atoms with E-state index in [1.807, 2.05) is 13.8 Å². The Morgan fingerprint density at radius 3 is 2.95 bits per heavy atom. The maximum atomic E-state index is 11.7. The molecule has 1 aromatic rings. The third kappa shape index (κ3) is 3.90. The van der Waals surface area contributed by atoms with Crippen molar-refractivity contribution < 1.29 is 14.1 Å². The highest BCUT2D eigenvalue weighted by atomic mass is 16.5. The summed E-state index contributed by atoms with van der Waals surface area (Å²) in [6, 6.07) is 0. The summed E-state index contributed by atoms with van der Waals surface area (Å²) in [7, 11) is 0. The molecule has 5 heteroatoms. The van der Waals surface area contributed by atoms with Gasteiger partial charge in [0.2, 0.25) is 11.7 Å². The number of ketones is 1. The minimum Gasteiger partial charge on any atom is -0.367 e. The molecule has 0 amide bonds. The zero-order valence-corrected chi connectivity index (χ0v) is 13.4. The monoisotopic (exact) mass is 294 g/mol. The van der Waals surface area contributed by atoms with Gasteiger partial charge in [0.25, 0.3) is 0 Å². The van der Waals surface area contributed by atoms with Gasteiger partial charge in [-0.15, -0.1) is 0 Å². The van der Waals surface area contributed by atoms with Crippen molar-refractivity contribution in [2.75, 3.05) is 6.61 Å². The molecule has 2 rings (SSSR count). The van der Waals surface area contributed by atoms with E-state index in [2.05, 4.69) is 17.1 Å². The normalized spacial score (nSPS) is 26.0. The fourth-order valence-corrected chi connectivity index (χ4v) is 3.23.